The van der Waals surface area contributed by atoms with Crippen molar-refractivity contribution in [3.8, 4) is 22.9 Å². The van der Waals surface area contributed by atoms with Crippen LogP contribution < -0.4 is 25.0 Å². The molecule has 48 heavy (non-hydrogen) atoms. The molecule has 2 N–H and O–H groups in total. The van der Waals surface area contributed by atoms with Gasteiger partial charge < -0.3 is 39.2 Å². The van der Waals surface area contributed by atoms with Crippen LogP contribution in [0, 0.1) is 0 Å². The third kappa shape index (κ3) is 7.94. The molecule has 1 aromatic carbocycles. The Morgan fingerprint density at radius 2 is 1.85 bits per heavy atom. The molecule has 3 aromatic rings. The topological polar surface area (TPSA) is 154 Å². The molecule has 254 valence electrons. The fourth-order valence-corrected chi connectivity index (χ4v) is 5.65. The fraction of sp³-hybridized carbons (Fsp3) is 0.441. The van der Waals surface area contributed by atoms with E-state index in [-0.39, 0.29) is 24.7 Å². The summed E-state index contributed by atoms with van der Waals surface area (Å²) in [5.41, 5.74) is 2.16. The van der Waals surface area contributed by atoms with Gasteiger partial charge in [-0.15, -0.1) is 0 Å². The molecule has 0 bridgehead atoms. The predicted octanol–water partition coefficient (Wildman–Crippen LogP) is 3.99. The van der Waals surface area contributed by atoms with Crippen LogP contribution in [0.15, 0.2) is 54.6 Å². The highest BCUT2D eigenvalue weighted by molar-refractivity contribution is 5.95. The largest absolute Gasteiger partial charge is 0.480 e. The lowest BCUT2D eigenvalue weighted by molar-refractivity contribution is -0.118. The predicted molar refractivity (Wildman–Crippen MR) is 175 cm³/mol. The number of hydrogen-bond acceptors (Lipinski definition) is 11. The van der Waals surface area contributed by atoms with Crippen LogP contribution in [0.3, 0.4) is 0 Å². The number of nitrogens with zero attached hydrogens (tertiary/aromatic N) is 4. The van der Waals surface area contributed by atoms with Gasteiger partial charge in [0.15, 0.2) is 18.2 Å². The summed E-state index contributed by atoms with van der Waals surface area (Å²) < 4.78 is 28.3. The van der Waals surface area contributed by atoms with Gasteiger partial charge in [0.25, 0.3) is 5.91 Å². The Hall–Kier alpha value is -4.95. The first kappa shape index (κ1) is 33.0. The number of rotatable bonds is 10. The third-order valence-electron chi connectivity index (χ3n) is 7.97. The number of nitrogens with one attached hydrogen (secondary N) is 2. The lowest BCUT2D eigenvalue weighted by Crippen LogP contribution is -2.36. The molecule has 2 saturated heterocycles. The number of fused-ring (bicyclic) bond motifs is 1. The smallest absolute Gasteiger partial charge is 0.415 e. The second kappa shape index (κ2) is 14.0. The average Bonchev–Trinajstić information content (AvgIpc) is 3.65. The lowest BCUT2D eigenvalue weighted by Gasteiger charge is -2.24. The summed E-state index contributed by atoms with van der Waals surface area (Å²) in [6.45, 7) is 7.73. The normalized spacial score (nSPS) is 20.5. The number of methoxy groups -OCH3 is 1. The highest BCUT2D eigenvalue weighted by Gasteiger charge is 2.39. The standard InChI is InChI=1S/C34H40N6O8/c1-34(2,3)48-32(42)39-18-26(44-4)27(19-39)47-30-10-6-9-24(36-30)22-8-5-7-21(15-22)16-35-14-13-23-17-40(33(43)46-23)28-12-11-25-31(37-28)38-29(41)20-45-25/h5-12,15,23,26-27,35H,13-14,16-20H2,1-4H3,(H,37,38,41)/t23-,26-,27-/m0/s1. The van der Waals surface area contributed by atoms with Crippen LogP contribution in [0.4, 0.5) is 21.2 Å². The van der Waals surface area contributed by atoms with Crippen molar-refractivity contribution >= 4 is 29.7 Å². The summed E-state index contributed by atoms with van der Waals surface area (Å²) in [6, 6.07) is 17.0. The summed E-state index contributed by atoms with van der Waals surface area (Å²) in [7, 11) is 1.60. The van der Waals surface area contributed by atoms with E-state index >= 15 is 0 Å². The zero-order valence-corrected chi connectivity index (χ0v) is 27.4. The van der Waals surface area contributed by atoms with Crippen molar-refractivity contribution in [2.24, 2.45) is 0 Å². The van der Waals surface area contributed by atoms with Crippen LogP contribution in [-0.2, 0) is 25.5 Å². The number of carbonyl (C=O) groups excluding carboxylic acids is 3. The van der Waals surface area contributed by atoms with E-state index in [1.807, 2.05) is 51.1 Å². The molecule has 0 radical (unpaired) electrons. The van der Waals surface area contributed by atoms with Crippen LogP contribution in [0.2, 0.25) is 0 Å². The van der Waals surface area contributed by atoms with Crippen molar-refractivity contribution < 1.29 is 38.1 Å². The molecule has 0 unspecified atom stereocenters. The minimum Gasteiger partial charge on any atom is -0.480 e. The van der Waals surface area contributed by atoms with E-state index in [9.17, 15) is 14.4 Å². The third-order valence-corrected chi connectivity index (χ3v) is 7.97. The van der Waals surface area contributed by atoms with Crippen molar-refractivity contribution in [1.29, 1.82) is 0 Å². The maximum atomic E-state index is 12.6. The van der Waals surface area contributed by atoms with Gasteiger partial charge in [-0.3, -0.25) is 9.69 Å². The Morgan fingerprint density at radius 3 is 2.67 bits per heavy atom. The molecule has 14 nitrogen and oxygen atoms in total. The molecular formula is C34H40N6O8. The molecular weight excluding hydrogens is 620 g/mol. The van der Waals surface area contributed by atoms with E-state index in [1.54, 1.807) is 30.2 Å². The quantitative estimate of drug-likeness (QED) is 0.304. The highest BCUT2D eigenvalue weighted by Crippen LogP contribution is 2.30. The van der Waals surface area contributed by atoms with E-state index in [0.717, 1.165) is 16.8 Å². The summed E-state index contributed by atoms with van der Waals surface area (Å²) in [5, 5.41) is 6.09. The molecule has 3 aliphatic rings. The van der Waals surface area contributed by atoms with Crippen molar-refractivity contribution in [2.45, 2.75) is 57.6 Å². The van der Waals surface area contributed by atoms with Crippen LogP contribution in [-0.4, -0.2) is 96.8 Å². The SMILES string of the molecule is CO[C@H]1CN(C(=O)OC(C)(C)C)C[C@@H]1Oc1cccc(-c2cccc(CNCC[C@H]3CN(c4ccc5c(n4)NC(=O)CO5)C(=O)O3)c2)n1. The van der Waals surface area contributed by atoms with Crippen molar-refractivity contribution in [2.75, 3.05) is 50.1 Å². The van der Waals surface area contributed by atoms with Gasteiger partial charge in [-0.05, 0) is 63.6 Å². The molecule has 5 heterocycles. The molecule has 14 heteroatoms. The molecule has 2 fully saturated rings. The first-order valence-corrected chi connectivity index (χ1v) is 15.9. The van der Waals surface area contributed by atoms with E-state index in [0.29, 0.717) is 62.4 Å². The van der Waals surface area contributed by atoms with Gasteiger partial charge in [0, 0.05) is 25.3 Å². The Balaban J connectivity index is 0.999. The molecule has 0 saturated carbocycles. The minimum absolute atomic E-state index is 0.0623. The number of likely N-dealkylation sites (tertiary alicyclic amines) is 1. The molecule has 3 amide bonds. The first-order chi connectivity index (χ1) is 23.0. The number of carbonyl (C=O) groups is 3. The van der Waals surface area contributed by atoms with E-state index in [4.69, 9.17) is 28.7 Å². The van der Waals surface area contributed by atoms with Gasteiger partial charge in [-0.2, -0.15) is 0 Å². The molecule has 3 atom stereocenters. The second-order valence-corrected chi connectivity index (χ2v) is 12.8. The number of aromatic nitrogens is 2. The Labute approximate surface area is 278 Å². The zero-order valence-electron chi connectivity index (χ0n) is 27.4. The fourth-order valence-electron chi connectivity index (χ4n) is 5.65. The molecule has 3 aliphatic heterocycles. The number of ether oxygens (including phenoxy) is 5. The summed E-state index contributed by atoms with van der Waals surface area (Å²) in [5.74, 6) is 1.30. The zero-order chi connectivity index (χ0) is 33.8. The van der Waals surface area contributed by atoms with Crippen LogP contribution in [0.25, 0.3) is 11.3 Å². The number of hydrogen-bond donors (Lipinski definition) is 2. The van der Waals surface area contributed by atoms with Crippen LogP contribution >= 0.6 is 0 Å². The van der Waals surface area contributed by atoms with Gasteiger partial charge in [-0.25, -0.2) is 19.6 Å². The highest BCUT2D eigenvalue weighted by atomic mass is 16.6. The van der Waals surface area contributed by atoms with Gasteiger partial charge in [0.2, 0.25) is 5.88 Å². The number of benzene rings is 1. The minimum atomic E-state index is -0.592. The molecule has 6 rings (SSSR count). The number of amides is 3. The Kier molecular flexibility index (Phi) is 9.64. The maximum Gasteiger partial charge on any atom is 0.415 e. The van der Waals surface area contributed by atoms with Gasteiger partial charge in [0.05, 0.1) is 25.3 Å². The van der Waals surface area contributed by atoms with Crippen molar-refractivity contribution in [1.82, 2.24) is 20.2 Å². The number of cyclic esters (lactones) is 1. The van der Waals surface area contributed by atoms with E-state index in [2.05, 4.69) is 21.7 Å². The van der Waals surface area contributed by atoms with Gasteiger partial charge in [0.1, 0.15) is 29.7 Å². The van der Waals surface area contributed by atoms with Crippen molar-refractivity contribution in [3.05, 3.63) is 60.2 Å². The lowest BCUT2D eigenvalue weighted by atomic mass is 10.1. The maximum absolute atomic E-state index is 12.6. The number of anilines is 2. The van der Waals surface area contributed by atoms with Gasteiger partial charge in [-0.1, -0.05) is 24.3 Å². The Morgan fingerprint density at radius 1 is 1.04 bits per heavy atom. The molecule has 0 aliphatic carbocycles. The molecule has 0 spiro atoms. The average molecular weight is 661 g/mol. The van der Waals surface area contributed by atoms with Crippen LogP contribution in [0.1, 0.15) is 32.8 Å². The van der Waals surface area contributed by atoms with Crippen LogP contribution in [0.5, 0.6) is 11.6 Å². The monoisotopic (exact) mass is 660 g/mol. The second-order valence-electron chi connectivity index (χ2n) is 12.8. The summed E-state index contributed by atoms with van der Waals surface area (Å²) >= 11 is 0. The summed E-state index contributed by atoms with van der Waals surface area (Å²) in [6.07, 6.45) is -1.27. The number of pyridine rings is 2. The molecule has 2 aromatic heterocycles. The summed E-state index contributed by atoms with van der Waals surface area (Å²) in [4.78, 5) is 49.0. The van der Waals surface area contributed by atoms with Gasteiger partial charge >= 0.3 is 12.2 Å². The van der Waals surface area contributed by atoms with E-state index < -0.39 is 23.9 Å². The first-order valence-electron chi connectivity index (χ1n) is 15.9. The Bertz CT molecular complexity index is 1660. The van der Waals surface area contributed by atoms with E-state index in [1.165, 1.54) is 4.90 Å². The van der Waals surface area contributed by atoms with Crippen molar-refractivity contribution in [3.63, 3.8) is 0 Å².